The molecule has 0 radical (unpaired) electrons. The van der Waals surface area contributed by atoms with Crippen LogP contribution < -0.4 is 5.32 Å². The summed E-state index contributed by atoms with van der Waals surface area (Å²) in [5.41, 5.74) is 0. The predicted molar refractivity (Wildman–Crippen MR) is 78.0 cm³/mol. The van der Waals surface area contributed by atoms with Crippen LogP contribution in [0.2, 0.25) is 0 Å². The minimum Gasteiger partial charge on any atom is -0.314 e. The fourth-order valence-corrected chi connectivity index (χ4v) is 3.25. The molecule has 0 aromatic rings. The molecule has 0 aromatic carbocycles. The zero-order valence-corrected chi connectivity index (χ0v) is 12.5. The molecular formula is C15H31N3. The van der Waals surface area contributed by atoms with Crippen LogP contribution in [0.3, 0.4) is 0 Å². The monoisotopic (exact) mass is 253 g/mol. The van der Waals surface area contributed by atoms with Gasteiger partial charge in [-0.15, -0.1) is 0 Å². The van der Waals surface area contributed by atoms with Gasteiger partial charge < -0.3 is 15.1 Å². The van der Waals surface area contributed by atoms with E-state index in [9.17, 15) is 0 Å². The molecule has 0 spiro atoms. The van der Waals surface area contributed by atoms with Crippen LogP contribution in [0, 0.1) is 5.92 Å². The van der Waals surface area contributed by atoms with Crippen molar-refractivity contribution in [1.29, 1.82) is 0 Å². The molecule has 2 saturated heterocycles. The van der Waals surface area contributed by atoms with Gasteiger partial charge in [-0.05, 0) is 78.7 Å². The quantitative estimate of drug-likeness (QED) is 0.698. The van der Waals surface area contributed by atoms with Crippen molar-refractivity contribution < 1.29 is 0 Å². The Kier molecular flexibility index (Phi) is 5.46. The molecule has 2 bridgehead atoms. The molecule has 18 heavy (non-hydrogen) atoms. The molecular weight excluding hydrogens is 222 g/mol. The number of hydrogen-bond donors (Lipinski definition) is 1. The third-order valence-electron chi connectivity index (χ3n) is 4.86. The normalized spacial score (nSPS) is 31.5. The maximum absolute atomic E-state index is 3.81. The highest BCUT2D eigenvalue weighted by molar-refractivity contribution is 4.90. The first-order valence-corrected chi connectivity index (χ1v) is 7.83. The molecule has 0 aliphatic carbocycles. The Balaban J connectivity index is 1.53. The largest absolute Gasteiger partial charge is 0.314 e. The van der Waals surface area contributed by atoms with Crippen molar-refractivity contribution in [1.82, 2.24) is 15.1 Å². The first-order valence-electron chi connectivity index (χ1n) is 7.83. The molecule has 2 aliphatic rings. The van der Waals surface area contributed by atoms with Gasteiger partial charge >= 0.3 is 0 Å². The number of nitrogens with zero attached hydrogens (tertiary/aromatic N) is 2. The molecule has 3 atom stereocenters. The zero-order chi connectivity index (χ0) is 13.0. The summed E-state index contributed by atoms with van der Waals surface area (Å²) in [6, 6.07) is 1.49. The molecule has 2 aliphatic heterocycles. The molecule has 0 saturated carbocycles. The smallest absolute Gasteiger partial charge is 0.0120 e. The van der Waals surface area contributed by atoms with Crippen LogP contribution in [0.15, 0.2) is 0 Å². The van der Waals surface area contributed by atoms with Crippen LogP contribution in [0.4, 0.5) is 0 Å². The first-order chi connectivity index (χ1) is 8.66. The van der Waals surface area contributed by atoms with Crippen molar-refractivity contribution in [2.45, 2.75) is 51.6 Å². The van der Waals surface area contributed by atoms with E-state index in [1.165, 1.54) is 58.4 Å². The molecule has 106 valence electrons. The summed E-state index contributed by atoms with van der Waals surface area (Å²) in [7, 11) is 2.23. The lowest BCUT2D eigenvalue weighted by Crippen LogP contribution is -2.44. The van der Waals surface area contributed by atoms with E-state index >= 15 is 0 Å². The average Bonchev–Trinajstić information content (AvgIpc) is 2.73. The lowest BCUT2D eigenvalue weighted by Gasteiger charge is -2.31. The van der Waals surface area contributed by atoms with Crippen molar-refractivity contribution in [2.75, 3.05) is 39.8 Å². The molecule has 1 N–H and O–H groups in total. The summed E-state index contributed by atoms with van der Waals surface area (Å²) in [6.07, 6.45) is 5.44. The number of hydrogen-bond acceptors (Lipinski definition) is 3. The van der Waals surface area contributed by atoms with Crippen LogP contribution in [0.1, 0.15) is 39.5 Å². The predicted octanol–water partition coefficient (Wildman–Crippen LogP) is 1.79. The van der Waals surface area contributed by atoms with Crippen molar-refractivity contribution in [3.8, 4) is 0 Å². The van der Waals surface area contributed by atoms with Gasteiger partial charge in [-0.1, -0.05) is 0 Å². The fourth-order valence-electron chi connectivity index (χ4n) is 3.25. The summed E-state index contributed by atoms with van der Waals surface area (Å²) < 4.78 is 0. The second kappa shape index (κ2) is 6.88. The van der Waals surface area contributed by atoms with E-state index < -0.39 is 0 Å². The Morgan fingerprint density at radius 3 is 2.78 bits per heavy atom. The van der Waals surface area contributed by atoms with E-state index in [4.69, 9.17) is 0 Å². The van der Waals surface area contributed by atoms with Crippen molar-refractivity contribution in [2.24, 2.45) is 5.92 Å². The lowest BCUT2D eigenvalue weighted by atomic mass is 9.94. The van der Waals surface area contributed by atoms with E-state index in [1.54, 1.807) is 0 Å². The highest BCUT2D eigenvalue weighted by atomic mass is 15.2. The van der Waals surface area contributed by atoms with E-state index in [0.29, 0.717) is 6.04 Å². The van der Waals surface area contributed by atoms with E-state index in [0.717, 1.165) is 12.0 Å². The minimum absolute atomic E-state index is 0.681. The van der Waals surface area contributed by atoms with E-state index in [-0.39, 0.29) is 0 Å². The van der Waals surface area contributed by atoms with Gasteiger partial charge in [0.05, 0.1) is 0 Å². The SMILES string of the molecule is CC(C)N(C)CCCCNC1CCN2CCC1C2. The maximum Gasteiger partial charge on any atom is 0.0120 e. The summed E-state index contributed by atoms with van der Waals surface area (Å²) in [5, 5.41) is 3.81. The van der Waals surface area contributed by atoms with Gasteiger partial charge in [-0.3, -0.25) is 0 Å². The van der Waals surface area contributed by atoms with Crippen LogP contribution in [0.25, 0.3) is 0 Å². The van der Waals surface area contributed by atoms with Crippen LogP contribution in [-0.4, -0.2) is 61.7 Å². The van der Waals surface area contributed by atoms with Crippen molar-refractivity contribution >= 4 is 0 Å². The number of piperidine rings is 1. The number of rotatable bonds is 7. The van der Waals surface area contributed by atoms with Gasteiger partial charge in [0.2, 0.25) is 0 Å². The fraction of sp³-hybridized carbons (Fsp3) is 1.00. The van der Waals surface area contributed by atoms with Gasteiger partial charge in [0.15, 0.2) is 0 Å². The van der Waals surface area contributed by atoms with Crippen LogP contribution in [-0.2, 0) is 0 Å². The highest BCUT2D eigenvalue weighted by Gasteiger charge is 2.33. The lowest BCUT2D eigenvalue weighted by molar-refractivity contribution is 0.219. The van der Waals surface area contributed by atoms with Gasteiger partial charge in [-0.25, -0.2) is 0 Å². The molecule has 0 amide bonds. The molecule has 3 nitrogen and oxygen atoms in total. The number of unbranched alkanes of at least 4 members (excludes halogenated alkanes) is 1. The Morgan fingerprint density at radius 2 is 2.00 bits per heavy atom. The van der Waals surface area contributed by atoms with Gasteiger partial charge in [0.1, 0.15) is 0 Å². The highest BCUT2D eigenvalue weighted by Crippen LogP contribution is 2.26. The minimum atomic E-state index is 0.681. The van der Waals surface area contributed by atoms with Gasteiger partial charge in [0, 0.05) is 18.6 Å². The van der Waals surface area contributed by atoms with E-state index in [2.05, 4.69) is 36.0 Å². The molecule has 3 unspecified atom stereocenters. The zero-order valence-electron chi connectivity index (χ0n) is 12.5. The Labute approximate surface area is 113 Å². The summed E-state index contributed by atoms with van der Waals surface area (Å²) in [6.45, 7) is 11.0. The standard InChI is InChI=1S/C15H31N3/c1-13(2)17(3)9-5-4-8-16-15-7-11-18-10-6-14(15)12-18/h13-16H,4-12H2,1-3H3. The molecule has 0 aromatic heterocycles. The maximum atomic E-state index is 3.81. The summed E-state index contributed by atoms with van der Waals surface area (Å²) in [4.78, 5) is 5.07. The van der Waals surface area contributed by atoms with Crippen molar-refractivity contribution in [3.63, 3.8) is 0 Å². The first kappa shape index (κ1) is 14.3. The van der Waals surface area contributed by atoms with Crippen LogP contribution >= 0.6 is 0 Å². The Morgan fingerprint density at radius 1 is 1.22 bits per heavy atom. The van der Waals surface area contributed by atoms with Crippen LogP contribution in [0.5, 0.6) is 0 Å². The van der Waals surface area contributed by atoms with Gasteiger partial charge in [-0.2, -0.15) is 0 Å². The molecule has 3 heteroatoms. The number of fused-ring (bicyclic) bond motifs is 2. The second-order valence-electron chi connectivity index (χ2n) is 6.48. The summed E-state index contributed by atoms with van der Waals surface area (Å²) >= 11 is 0. The molecule has 2 fully saturated rings. The summed E-state index contributed by atoms with van der Waals surface area (Å²) in [5.74, 6) is 0.942. The average molecular weight is 253 g/mol. The second-order valence-corrected chi connectivity index (χ2v) is 6.48. The van der Waals surface area contributed by atoms with Crippen molar-refractivity contribution in [3.05, 3.63) is 0 Å². The topological polar surface area (TPSA) is 18.5 Å². The Hall–Kier alpha value is -0.120. The number of nitrogens with one attached hydrogen (secondary N) is 1. The Bertz CT molecular complexity index is 242. The van der Waals surface area contributed by atoms with Gasteiger partial charge in [0.25, 0.3) is 0 Å². The third kappa shape index (κ3) is 3.94. The van der Waals surface area contributed by atoms with E-state index in [1.807, 2.05) is 0 Å². The molecule has 2 rings (SSSR count). The third-order valence-corrected chi connectivity index (χ3v) is 4.86. The molecule has 2 heterocycles.